The largest absolute Gasteiger partial charge is 0.390 e. The molecule has 1 amide bonds. The summed E-state index contributed by atoms with van der Waals surface area (Å²) in [6, 6.07) is -1.78. The van der Waals surface area contributed by atoms with Gasteiger partial charge in [-0.3, -0.25) is 4.79 Å². The van der Waals surface area contributed by atoms with E-state index in [4.69, 9.17) is 9.47 Å². The Morgan fingerprint density at radius 2 is 1.76 bits per heavy atom. The number of likely N-dealkylation sites (N-methyl/N-ethyl adjacent to an activating group) is 2. The number of aliphatic hydroxyl groups excluding tert-OH is 2. The number of carbonyl (C=O) groups excluding carboxylic acids is 1. The summed E-state index contributed by atoms with van der Waals surface area (Å²) in [5.74, 6) is -1.45. The average molecular weight is 416 g/mol. The summed E-state index contributed by atoms with van der Waals surface area (Å²) in [6.45, 7) is 5.97. The van der Waals surface area contributed by atoms with Crippen molar-refractivity contribution in [3.63, 3.8) is 0 Å². The first-order chi connectivity index (χ1) is 13.6. The van der Waals surface area contributed by atoms with Gasteiger partial charge in [-0.05, 0) is 38.8 Å². The van der Waals surface area contributed by atoms with Crippen LogP contribution in [0.1, 0.15) is 40.0 Å². The van der Waals surface area contributed by atoms with Gasteiger partial charge in [0.05, 0.1) is 24.2 Å². The number of hydrogen-bond donors (Lipinski definition) is 6. The van der Waals surface area contributed by atoms with E-state index in [1.54, 1.807) is 14.1 Å². The number of ether oxygens (including phenoxy) is 2. The summed E-state index contributed by atoms with van der Waals surface area (Å²) < 4.78 is 12.4. The highest BCUT2D eigenvalue weighted by Gasteiger charge is 2.62. The fraction of sp³-hybridized carbons (Fsp3) is 0.950. The van der Waals surface area contributed by atoms with Gasteiger partial charge in [-0.2, -0.15) is 0 Å². The monoisotopic (exact) mass is 415 g/mol. The zero-order valence-electron chi connectivity index (χ0n) is 18.0. The van der Waals surface area contributed by atoms with E-state index in [0.717, 1.165) is 0 Å². The summed E-state index contributed by atoms with van der Waals surface area (Å²) in [7, 11) is 3.37. The molecular weight excluding hydrogens is 378 g/mol. The van der Waals surface area contributed by atoms with Crippen LogP contribution in [0.2, 0.25) is 0 Å². The molecule has 3 aliphatic rings. The van der Waals surface area contributed by atoms with E-state index < -0.39 is 54.4 Å². The fourth-order valence-electron chi connectivity index (χ4n) is 5.13. The van der Waals surface area contributed by atoms with Gasteiger partial charge in [0.1, 0.15) is 24.4 Å². The molecule has 0 bridgehead atoms. The smallest absolute Gasteiger partial charge is 0.220 e. The number of fused-ring (bicyclic) bond motifs is 2. The molecule has 29 heavy (non-hydrogen) atoms. The molecule has 1 heterocycles. The summed E-state index contributed by atoms with van der Waals surface area (Å²) in [5, 5.41) is 41.9. The summed E-state index contributed by atoms with van der Waals surface area (Å²) in [6.07, 6.45) is -2.63. The normalized spacial score (nSPS) is 47.4. The van der Waals surface area contributed by atoms with Crippen LogP contribution in [-0.4, -0.2) is 89.8 Å². The lowest BCUT2D eigenvalue weighted by molar-refractivity contribution is -0.392. The van der Waals surface area contributed by atoms with Crippen molar-refractivity contribution >= 4 is 5.91 Å². The highest BCUT2D eigenvalue weighted by atomic mass is 16.7. The van der Waals surface area contributed by atoms with E-state index in [2.05, 4.69) is 16.0 Å². The molecule has 1 saturated heterocycles. The molecule has 6 N–H and O–H groups in total. The average Bonchev–Trinajstić information content (AvgIpc) is 2.62. The van der Waals surface area contributed by atoms with Crippen molar-refractivity contribution in [3.8, 4) is 0 Å². The molecule has 1 aliphatic heterocycles. The summed E-state index contributed by atoms with van der Waals surface area (Å²) >= 11 is 0. The van der Waals surface area contributed by atoms with Crippen LogP contribution in [0.3, 0.4) is 0 Å². The lowest BCUT2D eigenvalue weighted by Crippen LogP contribution is -2.78. The van der Waals surface area contributed by atoms with Gasteiger partial charge >= 0.3 is 0 Å². The van der Waals surface area contributed by atoms with Crippen molar-refractivity contribution in [3.05, 3.63) is 0 Å². The van der Waals surface area contributed by atoms with E-state index in [0.29, 0.717) is 19.3 Å². The molecule has 0 aromatic rings. The standard InChI is InChI=1S/C20H37N3O6/c1-9(2)6-13(24)23-11-7-10(3)8-12-20(11,27)29-18-15(22-5)16(25)14(21-4)17(26)19(18)28-12/h9-12,14-19,21-22,25-27H,6-8H2,1-5H3,(H,23,24)/t10-,11-,12-,14-,15+,16+,17+,18-,19-,20+/m1/s1. The van der Waals surface area contributed by atoms with Crippen LogP contribution in [0.5, 0.6) is 0 Å². The minimum Gasteiger partial charge on any atom is -0.390 e. The van der Waals surface area contributed by atoms with E-state index in [9.17, 15) is 20.1 Å². The predicted octanol–water partition coefficient (Wildman–Crippen LogP) is -1.30. The molecule has 0 unspecified atom stereocenters. The molecule has 168 valence electrons. The van der Waals surface area contributed by atoms with Crippen molar-refractivity contribution in [2.45, 2.75) is 94.5 Å². The van der Waals surface area contributed by atoms with Gasteiger partial charge in [0.15, 0.2) is 0 Å². The maximum Gasteiger partial charge on any atom is 0.220 e. The lowest BCUT2D eigenvalue weighted by atomic mass is 9.75. The SMILES string of the molecule is CN[C@@H]1[C@H](O)[C@H](NC)[C@H]2O[C@@]3(O)[C@H](NC(=O)CC(C)C)C[C@@H](C)C[C@H]3O[C@@H]2[C@H]1O. The molecule has 0 spiro atoms. The highest BCUT2D eigenvalue weighted by Crippen LogP contribution is 2.44. The van der Waals surface area contributed by atoms with Crippen LogP contribution in [0.25, 0.3) is 0 Å². The van der Waals surface area contributed by atoms with Gasteiger partial charge in [-0.25, -0.2) is 0 Å². The van der Waals surface area contributed by atoms with E-state index >= 15 is 0 Å². The Morgan fingerprint density at radius 1 is 1.10 bits per heavy atom. The number of rotatable bonds is 5. The number of hydrogen-bond acceptors (Lipinski definition) is 8. The van der Waals surface area contributed by atoms with Crippen LogP contribution in [0.15, 0.2) is 0 Å². The highest BCUT2D eigenvalue weighted by molar-refractivity contribution is 5.76. The first kappa shape index (κ1) is 22.9. The topological polar surface area (TPSA) is 132 Å². The molecule has 2 saturated carbocycles. The zero-order valence-corrected chi connectivity index (χ0v) is 18.0. The third-order valence-electron chi connectivity index (χ3n) is 6.58. The van der Waals surface area contributed by atoms with Crippen molar-refractivity contribution in [1.29, 1.82) is 0 Å². The Balaban J connectivity index is 1.87. The zero-order chi connectivity index (χ0) is 21.5. The Kier molecular flexibility index (Phi) is 6.89. The van der Waals surface area contributed by atoms with Gasteiger partial charge in [0, 0.05) is 6.42 Å². The first-order valence-corrected chi connectivity index (χ1v) is 10.7. The van der Waals surface area contributed by atoms with Crippen molar-refractivity contribution < 1.29 is 29.6 Å². The Bertz CT molecular complexity index is 593. The van der Waals surface area contributed by atoms with Crippen molar-refractivity contribution in [1.82, 2.24) is 16.0 Å². The Morgan fingerprint density at radius 3 is 2.34 bits per heavy atom. The van der Waals surface area contributed by atoms with Gasteiger partial charge < -0.3 is 40.7 Å². The molecule has 0 radical (unpaired) electrons. The minimum atomic E-state index is -1.72. The second kappa shape index (κ2) is 8.74. The number of aliphatic hydroxyl groups is 3. The number of nitrogens with one attached hydrogen (secondary N) is 3. The minimum absolute atomic E-state index is 0.138. The second-order valence-electron chi connectivity index (χ2n) is 9.33. The fourth-order valence-corrected chi connectivity index (χ4v) is 5.13. The van der Waals surface area contributed by atoms with E-state index in [1.165, 1.54) is 0 Å². The number of amides is 1. The predicted molar refractivity (Wildman–Crippen MR) is 106 cm³/mol. The third kappa shape index (κ3) is 4.19. The third-order valence-corrected chi connectivity index (χ3v) is 6.58. The molecular formula is C20H37N3O6. The lowest BCUT2D eigenvalue weighted by Gasteiger charge is -2.58. The van der Waals surface area contributed by atoms with Crippen LogP contribution in [-0.2, 0) is 14.3 Å². The van der Waals surface area contributed by atoms with Crippen LogP contribution < -0.4 is 16.0 Å². The Hall–Kier alpha value is -0.810. The maximum absolute atomic E-state index is 12.4. The summed E-state index contributed by atoms with van der Waals surface area (Å²) in [5.41, 5.74) is 0. The van der Waals surface area contributed by atoms with Gasteiger partial charge in [-0.1, -0.05) is 20.8 Å². The second-order valence-corrected chi connectivity index (χ2v) is 9.33. The van der Waals surface area contributed by atoms with E-state index in [1.807, 2.05) is 20.8 Å². The van der Waals surface area contributed by atoms with Crippen LogP contribution in [0.4, 0.5) is 0 Å². The van der Waals surface area contributed by atoms with Gasteiger partial charge in [-0.15, -0.1) is 0 Å². The summed E-state index contributed by atoms with van der Waals surface area (Å²) in [4.78, 5) is 12.4. The number of carbonyl (C=O) groups is 1. The van der Waals surface area contributed by atoms with Gasteiger partial charge in [0.2, 0.25) is 11.7 Å². The molecule has 0 aromatic heterocycles. The first-order valence-electron chi connectivity index (χ1n) is 10.7. The molecule has 2 aliphatic carbocycles. The van der Waals surface area contributed by atoms with E-state index in [-0.39, 0.29) is 17.7 Å². The molecule has 9 heteroatoms. The molecule has 9 nitrogen and oxygen atoms in total. The van der Waals surface area contributed by atoms with Crippen LogP contribution >= 0.6 is 0 Å². The molecule has 0 aromatic carbocycles. The van der Waals surface area contributed by atoms with Crippen LogP contribution in [0, 0.1) is 11.8 Å². The van der Waals surface area contributed by atoms with Crippen molar-refractivity contribution in [2.24, 2.45) is 11.8 Å². The quantitative estimate of drug-likeness (QED) is 0.327. The van der Waals surface area contributed by atoms with Crippen molar-refractivity contribution in [2.75, 3.05) is 14.1 Å². The maximum atomic E-state index is 12.4. The molecule has 3 fully saturated rings. The molecule has 3 rings (SSSR count). The Labute approximate surface area is 172 Å². The molecule has 10 atom stereocenters. The van der Waals surface area contributed by atoms with Gasteiger partial charge in [0.25, 0.3) is 0 Å².